The summed E-state index contributed by atoms with van der Waals surface area (Å²) in [5, 5.41) is 2.74. The van der Waals surface area contributed by atoms with Gasteiger partial charge in [-0.25, -0.2) is 4.98 Å². The molecule has 3 aromatic rings. The van der Waals surface area contributed by atoms with Gasteiger partial charge in [0.25, 0.3) is 11.8 Å². The van der Waals surface area contributed by atoms with E-state index in [9.17, 15) is 9.59 Å². The summed E-state index contributed by atoms with van der Waals surface area (Å²) in [6, 6.07) is 14.7. The second-order valence-corrected chi connectivity index (χ2v) is 8.93. The maximum absolute atomic E-state index is 13.4. The molecule has 1 N–H and O–H groups in total. The van der Waals surface area contributed by atoms with Crippen LogP contribution in [0.3, 0.4) is 0 Å². The summed E-state index contributed by atoms with van der Waals surface area (Å²) in [7, 11) is 0. The number of carbonyl (C=O) groups is 2. The number of hydrogen-bond acceptors (Lipinski definition) is 7. The van der Waals surface area contributed by atoms with Crippen LogP contribution in [0.15, 0.2) is 52.9 Å². The molecular weight excluding hydrogens is 442 g/mol. The number of carbonyl (C=O) groups excluding carboxylic acids is 2. The predicted molar refractivity (Wildman–Crippen MR) is 124 cm³/mol. The maximum atomic E-state index is 13.4. The second-order valence-electron chi connectivity index (χ2n) is 7.64. The molecule has 8 nitrogen and oxygen atoms in total. The number of para-hydroxylation sites is 1. The molecule has 2 aliphatic heterocycles. The fourth-order valence-electron chi connectivity index (χ4n) is 3.94. The minimum atomic E-state index is -0.264. The van der Waals surface area contributed by atoms with Crippen molar-refractivity contribution in [3.63, 3.8) is 0 Å². The van der Waals surface area contributed by atoms with Crippen LogP contribution in [-0.4, -0.2) is 59.1 Å². The van der Waals surface area contributed by atoms with E-state index >= 15 is 0 Å². The smallest absolute Gasteiger partial charge is 0.277 e. The zero-order valence-corrected chi connectivity index (χ0v) is 18.9. The van der Waals surface area contributed by atoms with Crippen molar-refractivity contribution < 1.29 is 23.5 Å². The molecular formula is C24H23N3O5S. The molecule has 1 fully saturated rings. The standard InChI is InChI=1S/C24H23N3O5S/c1-15-26-20(21(32-15)16-6-3-2-4-7-16)24(29)27-10-13-33-19(27)14-25-23(28)17-8-5-9-18-22(17)31-12-11-30-18/h2-9,19H,10-14H2,1H3,(H,25,28). The Morgan fingerprint density at radius 2 is 1.94 bits per heavy atom. The molecule has 1 saturated heterocycles. The van der Waals surface area contributed by atoms with Crippen molar-refractivity contribution in [3.8, 4) is 22.8 Å². The molecule has 2 aliphatic rings. The van der Waals surface area contributed by atoms with Gasteiger partial charge in [-0.1, -0.05) is 36.4 Å². The predicted octanol–water partition coefficient (Wildman–Crippen LogP) is 3.37. The third-order valence-corrected chi connectivity index (χ3v) is 6.70. The topological polar surface area (TPSA) is 93.9 Å². The van der Waals surface area contributed by atoms with E-state index in [0.717, 1.165) is 11.3 Å². The Hall–Kier alpha value is -3.46. The normalized spacial score (nSPS) is 17.1. The molecule has 1 aromatic heterocycles. The fraction of sp³-hybridized carbons (Fsp3) is 0.292. The number of ether oxygens (including phenoxy) is 2. The summed E-state index contributed by atoms with van der Waals surface area (Å²) in [5.41, 5.74) is 1.51. The van der Waals surface area contributed by atoms with Crippen LogP contribution in [0, 0.1) is 6.92 Å². The van der Waals surface area contributed by atoms with Crippen LogP contribution in [0.5, 0.6) is 11.5 Å². The van der Waals surface area contributed by atoms with Crippen LogP contribution in [0.25, 0.3) is 11.3 Å². The first-order valence-corrected chi connectivity index (χ1v) is 11.8. The number of nitrogens with one attached hydrogen (secondary N) is 1. The molecule has 3 heterocycles. The van der Waals surface area contributed by atoms with Crippen molar-refractivity contribution in [3.05, 3.63) is 65.7 Å². The van der Waals surface area contributed by atoms with Gasteiger partial charge in [0.1, 0.15) is 13.2 Å². The fourth-order valence-corrected chi connectivity index (χ4v) is 5.10. The van der Waals surface area contributed by atoms with Crippen molar-refractivity contribution in [2.24, 2.45) is 0 Å². The Kier molecular flexibility index (Phi) is 5.95. The van der Waals surface area contributed by atoms with Gasteiger partial charge in [-0.15, -0.1) is 11.8 Å². The summed E-state index contributed by atoms with van der Waals surface area (Å²) in [5.74, 6) is 2.23. The van der Waals surface area contributed by atoms with Crippen molar-refractivity contribution in [2.75, 3.05) is 32.1 Å². The molecule has 0 spiro atoms. The van der Waals surface area contributed by atoms with E-state index < -0.39 is 0 Å². The first-order valence-electron chi connectivity index (χ1n) is 10.7. The first kappa shape index (κ1) is 21.4. The van der Waals surface area contributed by atoms with E-state index in [1.165, 1.54) is 0 Å². The molecule has 1 unspecified atom stereocenters. The number of rotatable bonds is 5. The van der Waals surface area contributed by atoms with Crippen molar-refractivity contribution in [2.45, 2.75) is 12.3 Å². The average molecular weight is 466 g/mol. The molecule has 2 amide bonds. The summed E-state index contributed by atoms with van der Waals surface area (Å²) in [4.78, 5) is 32.4. The van der Waals surface area contributed by atoms with E-state index in [0.29, 0.717) is 60.7 Å². The summed E-state index contributed by atoms with van der Waals surface area (Å²) >= 11 is 1.62. The van der Waals surface area contributed by atoms with Gasteiger partial charge in [-0.05, 0) is 12.1 Å². The molecule has 0 aliphatic carbocycles. The third kappa shape index (κ3) is 4.28. The highest BCUT2D eigenvalue weighted by Gasteiger charge is 2.34. The van der Waals surface area contributed by atoms with E-state index in [1.54, 1.807) is 41.8 Å². The van der Waals surface area contributed by atoms with Crippen LogP contribution in [-0.2, 0) is 0 Å². The third-order valence-electron chi connectivity index (χ3n) is 5.47. The van der Waals surface area contributed by atoms with Gasteiger partial charge in [0, 0.05) is 31.3 Å². The number of aryl methyl sites for hydroxylation is 1. The van der Waals surface area contributed by atoms with Crippen molar-refractivity contribution in [1.82, 2.24) is 15.2 Å². The van der Waals surface area contributed by atoms with E-state index in [1.807, 2.05) is 30.3 Å². The van der Waals surface area contributed by atoms with Crippen LogP contribution < -0.4 is 14.8 Å². The maximum Gasteiger partial charge on any atom is 0.277 e. The number of benzene rings is 2. The SMILES string of the molecule is Cc1nc(C(=O)N2CCSC2CNC(=O)c2cccc3c2OCCO3)c(-c2ccccc2)o1. The minimum absolute atomic E-state index is 0.205. The number of fused-ring (bicyclic) bond motifs is 1. The molecule has 0 saturated carbocycles. The molecule has 0 bridgehead atoms. The number of nitrogens with zero attached hydrogens (tertiary/aromatic N) is 2. The Balaban J connectivity index is 1.31. The lowest BCUT2D eigenvalue weighted by Gasteiger charge is -2.24. The number of amides is 2. The number of aromatic nitrogens is 1. The highest BCUT2D eigenvalue weighted by atomic mass is 32.2. The lowest BCUT2D eigenvalue weighted by molar-refractivity contribution is 0.0746. The zero-order chi connectivity index (χ0) is 22.8. The zero-order valence-electron chi connectivity index (χ0n) is 18.1. The van der Waals surface area contributed by atoms with Crippen LogP contribution in [0.4, 0.5) is 0 Å². The van der Waals surface area contributed by atoms with Crippen molar-refractivity contribution >= 4 is 23.6 Å². The lowest BCUT2D eigenvalue weighted by Crippen LogP contribution is -2.42. The van der Waals surface area contributed by atoms with Crippen LogP contribution in [0.2, 0.25) is 0 Å². The Morgan fingerprint density at radius 3 is 2.79 bits per heavy atom. The van der Waals surface area contributed by atoms with Gasteiger partial charge >= 0.3 is 0 Å². The largest absolute Gasteiger partial charge is 0.486 e. The molecule has 170 valence electrons. The number of oxazole rings is 1. The molecule has 0 radical (unpaired) electrons. The van der Waals surface area contributed by atoms with Crippen molar-refractivity contribution in [1.29, 1.82) is 0 Å². The van der Waals surface area contributed by atoms with Gasteiger partial charge in [0.15, 0.2) is 28.8 Å². The highest BCUT2D eigenvalue weighted by Crippen LogP contribution is 2.34. The van der Waals surface area contributed by atoms with E-state index in [2.05, 4.69) is 10.3 Å². The average Bonchev–Trinajstić information content (AvgIpc) is 3.49. The first-order chi connectivity index (χ1) is 16.1. The molecule has 2 aromatic carbocycles. The molecule has 9 heteroatoms. The van der Waals surface area contributed by atoms with Gasteiger partial charge in [0.05, 0.1) is 10.9 Å². The van der Waals surface area contributed by atoms with Crippen LogP contribution in [0.1, 0.15) is 26.7 Å². The van der Waals surface area contributed by atoms with Gasteiger partial charge < -0.3 is 24.1 Å². The Labute approximate surface area is 195 Å². The summed E-state index contributed by atoms with van der Waals surface area (Å²) < 4.78 is 17.0. The van der Waals surface area contributed by atoms with E-state index in [4.69, 9.17) is 13.9 Å². The molecule has 5 rings (SSSR count). The second kappa shape index (κ2) is 9.19. The minimum Gasteiger partial charge on any atom is -0.486 e. The lowest BCUT2D eigenvalue weighted by atomic mass is 10.1. The monoisotopic (exact) mass is 465 g/mol. The summed E-state index contributed by atoms with van der Waals surface area (Å²) in [6.07, 6.45) is 0. The highest BCUT2D eigenvalue weighted by molar-refractivity contribution is 8.00. The van der Waals surface area contributed by atoms with Gasteiger partial charge in [-0.2, -0.15) is 0 Å². The van der Waals surface area contributed by atoms with Gasteiger partial charge in [0.2, 0.25) is 0 Å². The number of hydrogen-bond donors (Lipinski definition) is 1. The molecule has 1 atom stereocenters. The van der Waals surface area contributed by atoms with E-state index in [-0.39, 0.29) is 17.2 Å². The van der Waals surface area contributed by atoms with Gasteiger partial charge in [-0.3, -0.25) is 9.59 Å². The summed E-state index contributed by atoms with van der Waals surface area (Å²) in [6.45, 7) is 3.46. The van der Waals surface area contributed by atoms with Crippen LogP contribution >= 0.6 is 11.8 Å². The quantitative estimate of drug-likeness (QED) is 0.617. The molecule has 33 heavy (non-hydrogen) atoms. The Morgan fingerprint density at radius 1 is 1.12 bits per heavy atom. The Bertz CT molecular complexity index is 1180. The number of thioether (sulfide) groups is 1.